The molecule has 0 radical (unpaired) electrons. The van der Waals surface area contributed by atoms with E-state index in [-0.39, 0.29) is 0 Å². The van der Waals surface area contributed by atoms with Gasteiger partial charge in [0.2, 0.25) is 0 Å². The largest absolute Gasteiger partial charge is 0.383 e. The molecular weight excluding hydrogens is 228 g/mol. The summed E-state index contributed by atoms with van der Waals surface area (Å²) < 4.78 is 0. The molecule has 2 rings (SSSR count). The van der Waals surface area contributed by atoms with Crippen molar-refractivity contribution in [1.29, 1.82) is 0 Å². The number of nitrogens with zero attached hydrogens (tertiary/aromatic N) is 1. The van der Waals surface area contributed by atoms with E-state index < -0.39 is 0 Å². The molecule has 2 aromatic rings. The highest BCUT2D eigenvalue weighted by Gasteiger charge is 2.03. The normalized spacial score (nSPS) is 12.4. The summed E-state index contributed by atoms with van der Waals surface area (Å²) in [5.41, 5.74) is 3.43. The van der Waals surface area contributed by atoms with Crippen LogP contribution in [0.3, 0.4) is 0 Å². The monoisotopic (exact) mass is 246 g/mol. The molecule has 1 heterocycles. The Kier molecular flexibility index (Phi) is 3.79. The lowest BCUT2D eigenvalue weighted by atomic mass is 10.1. The molecule has 17 heavy (non-hydrogen) atoms. The van der Waals surface area contributed by atoms with Gasteiger partial charge in [-0.3, -0.25) is 0 Å². The summed E-state index contributed by atoms with van der Waals surface area (Å²) in [6, 6.07) is 9.01. The molecule has 0 aliphatic carbocycles. The maximum atomic E-state index is 4.49. The van der Waals surface area contributed by atoms with Gasteiger partial charge in [0.25, 0.3) is 0 Å². The summed E-state index contributed by atoms with van der Waals surface area (Å²) in [7, 11) is 0. The number of aryl methyl sites for hydroxylation is 1. The predicted molar refractivity (Wildman–Crippen MR) is 75.7 cm³/mol. The smallest absolute Gasteiger partial charge is 0.0901 e. The molecule has 0 saturated carbocycles. The fourth-order valence-electron chi connectivity index (χ4n) is 1.62. The maximum Gasteiger partial charge on any atom is 0.0901 e. The van der Waals surface area contributed by atoms with Crippen LogP contribution in [0.25, 0.3) is 11.3 Å². The van der Waals surface area contributed by atoms with Gasteiger partial charge < -0.3 is 5.32 Å². The number of hydrogen-bond donors (Lipinski definition) is 1. The lowest BCUT2D eigenvalue weighted by molar-refractivity contribution is 0.764. The Hall–Kier alpha value is -1.35. The van der Waals surface area contributed by atoms with Crippen LogP contribution >= 0.6 is 11.3 Å². The second kappa shape index (κ2) is 5.32. The van der Waals surface area contributed by atoms with Gasteiger partial charge in [-0.05, 0) is 32.4 Å². The topological polar surface area (TPSA) is 24.9 Å². The Labute approximate surface area is 107 Å². The Bertz CT molecular complexity index is 473. The average Bonchev–Trinajstić information content (AvgIpc) is 2.77. The third kappa shape index (κ3) is 3.07. The van der Waals surface area contributed by atoms with Crippen LogP contribution in [0.5, 0.6) is 0 Å². The van der Waals surface area contributed by atoms with E-state index in [0.29, 0.717) is 6.04 Å². The molecule has 0 spiro atoms. The third-order valence-electron chi connectivity index (χ3n) is 2.83. The molecule has 3 heteroatoms. The summed E-state index contributed by atoms with van der Waals surface area (Å²) >= 11 is 1.69. The SMILES string of the molecule is CCC(C)Nc1ccc(-c2csc(C)n2)cc1. The highest BCUT2D eigenvalue weighted by atomic mass is 32.1. The first-order valence-corrected chi connectivity index (χ1v) is 6.86. The second-order valence-corrected chi connectivity index (χ2v) is 5.34. The highest BCUT2D eigenvalue weighted by molar-refractivity contribution is 7.09. The molecule has 1 N–H and O–H groups in total. The highest BCUT2D eigenvalue weighted by Crippen LogP contribution is 2.23. The number of hydrogen-bond acceptors (Lipinski definition) is 3. The van der Waals surface area contributed by atoms with Crippen LogP contribution in [0, 0.1) is 6.92 Å². The number of thiazole rings is 1. The van der Waals surface area contributed by atoms with Crippen LogP contribution in [-0.4, -0.2) is 11.0 Å². The van der Waals surface area contributed by atoms with Crippen molar-refractivity contribution in [3.63, 3.8) is 0 Å². The molecule has 1 aromatic heterocycles. The zero-order chi connectivity index (χ0) is 12.3. The molecule has 1 atom stereocenters. The fourth-order valence-corrected chi connectivity index (χ4v) is 2.24. The van der Waals surface area contributed by atoms with Crippen LogP contribution in [-0.2, 0) is 0 Å². The van der Waals surface area contributed by atoms with E-state index in [0.717, 1.165) is 17.1 Å². The third-order valence-corrected chi connectivity index (χ3v) is 3.60. The van der Waals surface area contributed by atoms with Crippen molar-refractivity contribution < 1.29 is 0 Å². The van der Waals surface area contributed by atoms with E-state index in [1.165, 1.54) is 11.3 Å². The van der Waals surface area contributed by atoms with Gasteiger partial charge in [-0.1, -0.05) is 19.1 Å². The van der Waals surface area contributed by atoms with Crippen molar-refractivity contribution in [2.45, 2.75) is 33.2 Å². The molecule has 0 amide bonds. The van der Waals surface area contributed by atoms with Crippen molar-refractivity contribution in [3.8, 4) is 11.3 Å². The predicted octanol–water partition coefficient (Wildman–Crippen LogP) is 4.33. The van der Waals surface area contributed by atoms with Gasteiger partial charge in [0.05, 0.1) is 10.7 Å². The van der Waals surface area contributed by atoms with Gasteiger partial charge in [-0.15, -0.1) is 11.3 Å². The summed E-state index contributed by atoms with van der Waals surface area (Å²) in [5, 5.41) is 6.67. The Morgan fingerprint density at radius 2 is 2.00 bits per heavy atom. The van der Waals surface area contributed by atoms with Crippen LogP contribution in [0.4, 0.5) is 5.69 Å². The first-order chi connectivity index (χ1) is 8.19. The number of nitrogens with one attached hydrogen (secondary N) is 1. The van der Waals surface area contributed by atoms with Crippen molar-refractivity contribution in [2.24, 2.45) is 0 Å². The number of rotatable bonds is 4. The lowest BCUT2D eigenvalue weighted by Crippen LogP contribution is -2.12. The van der Waals surface area contributed by atoms with Crippen LogP contribution in [0.15, 0.2) is 29.6 Å². The number of aromatic nitrogens is 1. The molecule has 0 aliphatic rings. The summed E-state index contributed by atoms with van der Waals surface area (Å²) in [6.45, 7) is 6.41. The molecule has 1 unspecified atom stereocenters. The lowest BCUT2D eigenvalue weighted by Gasteiger charge is -2.12. The van der Waals surface area contributed by atoms with E-state index in [2.05, 4.69) is 53.8 Å². The van der Waals surface area contributed by atoms with Crippen molar-refractivity contribution >= 4 is 17.0 Å². The minimum Gasteiger partial charge on any atom is -0.383 e. The Balaban J connectivity index is 2.13. The van der Waals surface area contributed by atoms with Gasteiger partial charge in [0.15, 0.2) is 0 Å². The zero-order valence-corrected chi connectivity index (χ0v) is 11.3. The molecule has 1 aromatic carbocycles. The van der Waals surface area contributed by atoms with Crippen LogP contribution < -0.4 is 5.32 Å². The van der Waals surface area contributed by atoms with E-state index >= 15 is 0 Å². The number of anilines is 1. The molecule has 0 fully saturated rings. The molecular formula is C14H18N2S. The second-order valence-electron chi connectivity index (χ2n) is 4.28. The van der Waals surface area contributed by atoms with Gasteiger partial charge in [-0.2, -0.15) is 0 Å². The standard InChI is InChI=1S/C14H18N2S/c1-4-10(2)15-13-7-5-12(6-8-13)14-9-17-11(3)16-14/h5-10,15H,4H2,1-3H3. The van der Waals surface area contributed by atoms with E-state index in [9.17, 15) is 0 Å². The fraction of sp³-hybridized carbons (Fsp3) is 0.357. The van der Waals surface area contributed by atoms with Gasteiger partial charge in [-0.25, -0.2) is 4.98 Å². The zero-order valence-electron chi connectivity index (χ0n) is 10.5. The molecule has 0 saturated heterocycles. The molecule has 0 aliphatic heterocycles. The first-order valence-electron chi connectivity index (χ1n) is 5.98. The summed E-state index contributed by atoms with van der Waals surface area (Å²) in [4.78, 5) is 4.49. The van der Waals surface area contributed by atoms with E-state index in [1.54, 1.807) is 11.3 Å². The van der Waals surface area contributed by atoms with Crippen molar-refractivity contribution in [2.75, 3.05) is 5.32 Å². The molecule has 0 bridgehead atoms. The van der Waals surface area contributed by atoms with Gasteiger partial charge >= 0.3 is 0 Å². The van der Waals surface area contributed by atoms with Crippen LogP contribution in [0.2, 0.25) is 0 Å². The van der Waals surface area contributed by atoms with E-state index in [1.807, 2.05) is 6.92 Å². The van der Waals surface area contributed by atoms with Crippen LogP contribution in [0.1, 0.15) is 25.3 Å². The quantitative estimate of drug-likeness (QED) is 0.868. The first kappa shape index (κ1) is 12.1. The van der Waals surface area contributed by atoms with Gasteiger partial charge in [0, 0.05) is 22.7 Å². The Morgan fingerprint density at radius 1 is 1.29 bits per heavy atom. The van der Waals surface area contributed by atoms with Crippen molar-refractivity contribution in [1.82, 2.24) is 4.98 Å². The number of benzene rings is 1. The average molecular weight is 246 g/mol. The Morgan fingerprint density at radius 3 is 2.53 bits per heavy atom. The minimum atomic E-state index is 0.516. The van der Waals surface area contributed by atoms with E-state index in [4.69, 9.17) is 0 Å². The summed E-state index contributed by atoms with van der Waals surface area (Å²) in [5.74, 6) is 0. The van der Waals surface area contributed by atoms with Crippen molar-refractivity contribution in [3.05, 3.63) is 34.7 Å². The molecule has 2 nitrogen and oxygen atoms in total. The maximum absolute atomic E-state index is 4.49. The van der Waals surface area contributed by atoms with Gasteiger partial charge in [0.1, 0.15) is 0 Å². The minimum absolute atomic E-state index is 0.516. The molecule has 90 valence electrons. The summed E-state index contributed by atoms with van der Waals surface area (Å²) in [6.07, 6.45) is 1.13.